The van der Waals surface area contributed by atoms with Gasteiger partial charge in [0.05, 0.1) is 6.20 Å². The summed E-state index contributed by atoms with van der Waals surface area (Å²) in [7, 11) is 0. The predicted molar refractivity (Wildman–Crippen MR) is 90.7 cm³/mol. The van der Waals surface area contributed by atoms with Gasteiger partial charge in [0.15, 0.2) is 11.7 Å². The van der Waals surface area contributed by atoms with Crippen LogP contribution in [0.2, 0.25) is 0 Å². The molecule has 1 saturated heterocycles. The van der Waals surface area contributed by atoms with Crippen molar-refractivity contribution in [1.82, 2.24) is 19.9 Å². The van der Waals surface area contributed by atoms with Gasteiger partial charge < -0.3 is 9.32 Å². The Balaban J connectivity index is 1.54. The molecule has 0 radical (unpaired) electrons. The van der Waals surface area contributed by atoms with Gasteiger partial charge in [0, 0.05) is 37.0 Å². The molecule has 3 aromatic heterocycles. The van der Waals surface area contributed by atoms with Gasteiger partial charge in [-0.15, -0.1) is 0 Å². The van der Waals surface area contributed by atoms with E-state index in [1.807, 2.05) is 31.2 Å². The first-order valence-electron chi connectivity index (χ1n) is 8.21. The lowest BCUT2D eigenvalue weighted by molar-refractivity contribution is 0.392. The third-order valence-electron chi connectivity index (χ3n) is 4.35. The predicted octanol–water partition coefficient (Wildman–Crippen LogP) is 3.22. The third-order valence-corrected chi connectivity index (χ3v) is 4.35. The minimum atomic E-state index is 0.398. The first kappa shape index (κ1) is 14.8. The Kier molecular flexibility index (Phi) is 3.94. The molecule has 4 rings (SSSR count). The second-order valence-corrected chi connectivity index (χ2v) is 6.04. The smallest absolute Gasteiger partial charge is 0.197 e. The van der Waals surface area contributed by atoms with E-state index in [-0.39, 0.29) is 0 Å². The zero-order chi connectivity index (χ0) is 16.4. The van der Waals surface area contributed by atoms with Crippen molar-refractivity contribution in [2.75, 3.05) is 18.0 Å². The molecular weight excluding hydrogens is 302 g/mol. The van der Waals surface area contributed by atoms with Gasteiger partial charge >= 0.3 is 0 Å². The SMILES string of the molecule is Cc1cc(N2CCC(c3ncco3)CC2)nc(-c2ccccn2)n1. The Morgan fingerprint density at radius 2 is 1.96 bits per heavy atom. The van der Waals surface area contributed by atoms with Crippen LogP contribution in [0.3, 0.4) is 0 Å². The van der Waals surface area contributed by atoms with Gasteiger partial charge in [0.25, 0.3) is 0 Å². The molecule has 0 unspecified atom stereocenters. The third kappa shape index (κ3) is 2.99. The van der Waals surface area contributed by atoms with Crippen LogP contribution in [0, 0.1) is 6.92 Å². The summed E-state index contributed by atoms with van der Waals surface area (Å²) in [6.07, 6.45) is 7.16. The molecule has 1 fully saturated rings. The molecular formula is C18H19N5O. The molecule has 6 heteroatoms. The fraction of sp³-hybridized carbons (Fsp3) is 0.333. The van der Waals surface area contributed by atoms with Gasteiger partial charge in [-0.25, -0.2) is 15.0 Å². The van der Waals surface area contributed by atoms with E-state index in [1.54, 1.807) is 18.7 Å². The van der Waals surface area contributed by atoms with Crippen molar-refractivity contribution >= 4 is 5.82 Å². The van der Waals surface area contributed by atoms with Crippen molar-refractivity contribution in [3.63, 3.8) is 0 Å². The van der Waals surface area contributed by atoms with Gasteiger partial charge in [-0.2, -0.15) is 0 Å². The molecule has 1 aliphatic heterocycles. The lowest BCUT2D eigenvalue weighted by Gasteiger charge is -2.31. The first-order chi connectivity index (χ1) is 11.8. The number of nitrogens with zero attached hydrogens (tertiary/aromatic N) is 5. The lowest BCUT2D eigenvalue weighted by atomic mass is 9.97. The molecule has 122 valence electrons. The van der Waals surface area contributed by atoms with Crippen LogP contribution in [0.5, 0.6) is 0 Å². The molecule has 0 bridgehead atoms. The van der Waals surface area contributed by atoms with E-state index in [4.69, 9.17) is 9.40 Å². The number of pyridine rings is 1. The summed E-state index contributed by atoms with van der Waals surface area (Å²) in [6.45, 7) is 3.87. The van der Waals surface area contributed by atoms with Gasteiger partial charge in [0.2, 0.25) is 0 Å². The van der Waals surface area contributed by atoms with Crippen molar-refractivity contribution < 1.29 is 4.42 Å². The van der Waals surface area contributed by atoms with Crippen molar-refractivity contribution in [3.05, 3.63) is 54.5 Å². The second kappa shape index (κ2) is 6.39. The zero-order valence-corrected chi connectivity index (χ0v) is 13.6. The van der Waals surface area contributed by atoms with Crippen molar-refractivity contribution in [3.8, 4) is 11.5 Å². The zero-order valence-electron chi connectivity index (χ0n) is 13.6. The van der Waals surface area contributed by atoms with Crippen molar-refractivity contribution in [2.24, 2.45) is 0 Å². The minimum Gasteiger partial charge on any atom is -0.449 e. The molecule has 24 heavy (non-hydrogen) atoms. The number of hydrogen-bond donors (Lipinski definition) is 0. The maximum absolute atomic E-state index is 5.45. The van der Waals surface area contributed by atoms with Gasteiger partial charge in [0.1, 0.15) is 17.8 Å². The van der Waals surface area contributed by atoms with E-state index in [0.29, 0.717) is 11.7 Å². The Morgan fingerprint density at radius 1 is 1.08 bits per heavy atom. The van der Waals surface area contributed by atoms with E-state index >= 15 is 0 Å². The highest BCUT2D eigenvalue weighted by atomic mass is 16.3. The maximum Gasteiger partial charge on any atom is 0.197 e. The number of hydrogen-bond acceptors (Lipinski definition) is 6. The van der Waals surface area contributed by atoms with E-state index in [1.165, 1.54) is 0 Å². The average Bonchev–Trinajstić information content (AvgIpc) is 3.17. The highest BCUT2D eigenvalue weighted by molar-refractivity contribution is 5.53. The molecule has 0 aromatic carbocycles. The normalized spacial score (nSPS) is 15.6. The Labute approximate surface area is 140 Å². The van der Waals surface area contributed by atoms with E-state index in [2.05, 4.69) is 19.9 Å². The van der Waals surface area contributed by atoms with Crippen LogP contribution in [0.15, 0.2) is 47.3 Å². The molecule has 0 N–H and O–H groups in total. The number of rotatable bonds is 3. The minimum absolute atomic E-state index is 0.398. The summed E-state index contributed by atoms with van der Waals surface area (Å²) < 4.78 is 5.45. The van der Waals surface area contributed by atoms with E-state index in [9.17, 15) is 0 Å². The molecule has 0 saturated carbocycles. The molecule has 0 aliphatic carbocycles. The number of anilines is 1. The van der Waals surface area contributed by atoms with Crippen LogP contribution in [-0.4, -0.2) is 33.0 Å². The molecule has 1 aliphatic rings. The molecule has 0 amide bonds. The lowest BCUT2D eigenvalue weighted by Crippen LogP contribution is -2.33. The van der Waals surface area contributed by atoms with Crippen LogP contribution in [-0.2, 0) is 0 Å². The molecule has 3 aromatic rings. The maximum atomic E-state index is 5.45. The highest BCUT2D eigenvalue weighted by Gasteiger charge is 2.24. The van der Waals surface area contributed by atoms with Gasteiger partial charge in [-0.05, 0) is 31.9 Å². The van der Waals surface area contributed by atoms with Crippen molar-refractivity contribution in [1.29, 1.82) is 0 Å². The number of piperidine rings is 1. The largest absolute Gasteiger partial charge is 0.449 e. The van der Waals surface area contributed by atoms with Gasteiger partial charge in [-0.1, -0.05) is 6.07 Å². The highest BCUT2D eigenvalue weighted by Crippen LogP contribution is 2.29. The summed E-state index contributed by atoms with van der Waals surface area (Å²) >= 11 is 0. The summed E-state index contributed by atoms with van der Waals surface area (Å²) in [5.41, 5.74) is 1.76. The summed E-state index contributed by atoms with van der Waals surface area (Å²) in [5.74, 6) is 2.89. The second-order valence-electron chi connectivity index (χ2n) is 6.04. The van der Waals surface area contributed by atoms with Crippen LogP contribution in [0.25, 0.3) is 11.5 Å². The Morgan fingerprint density at radius 3 is 2.67 bits per heavy atom. The topological polar surface area (TPSA) is 67.9 Å². The Hall–Kier alpha value is -2.76. The van der Waals surface area contributed by atoms with Crippen LogP contribution < -0.4 is 4.90 Å². The summed E-state index contributed by atoms with van der Waals surface area (Å²) in [5, 5.41) is 0. The quantitative estimate of drug-likeness (QED) is 0.738. The standard InChI is InChI=1S/C18H19N5O/c1-13-12-16(22-17(21-13)15-4-2-3-7-19-15)23-9-5-14(6-10-23)18-20-8-11-24-18/h2-4,7-8,11-12,14H,5-6,9-10H2,1H3. The molecule has 0 atom stereocenters. The van der Waals surface area contributed by atoms with Crippen molar-refractivity contribution in [2.45, 2.75) is 25.7 Å². The summed E-state index contributed by atoms with van der Waals surface area (Å²) in [6, 6.07) is 7.83. The van der Waals surface area contributed by atoms with Crippen LogP contribution in [0.1, 0.15) is 30.3 Å². The monoisotopic (exact) mass is 321 g/mol. The van der Waals surface area contributed by atoms with Crippen LogP contribution >= 0.6 is 0 Å². The fourth-order valence-electron chi connectivity index (χ4n) is 3.12. The molecule has 4 heterocycles. The number of oxazole rings is 1. The van der Waals surface area contributed by atoms with E-state index < -0.39 is 0 Å². The van der Waals surface area contributed by atoms with E-state index in [0.717, 1.165) is 49.0 Å². The summed E-state index contributed by atoms with van der Waals surface area (Å²) in [4.78, 5) is 20.2. The first-order valence-corrected chi connectivity index (χ1v) is 8.21. The fourth-order valence-corrected chi connectivity index (χ4v) is 3.12. The van der Waals surface area contributed by atoms with Gasteiger partial charge in [-0.3, -0.25) is 4.98 Å². The molecule has 0 spiro atoms. The molecule has 6 nitrogen and oxygen atoms in total. The number of aromatic nitrogens is 4. The van der Waals surface area contributed by atoms with Crippen LogP contribution in [0.4, 0.5) is 5.82 Å². The average molecular weight is 321 g/mol. The number of aryl methyl sites for hydroxylation is 1. The Bertz CT molecular complexity index is 796.